The van der Waals surface area contributed by atoms with Gasteiger partial charge in [0, 0.05) is 32.5 Å². The first-order valence-electron chi connectivity index (χ1n) is 9.77. The van der Waals surface area contributed by atoms with Crippen molar-refractivity contribution in [2.24, 2.45) is 5.73 Å². The lowest BCUT2D eigenvalue weighted by molar-refractivity contribution is -0.116. The second kappa shape index (κ2) is 7.70. The van der Waals surface area contributed by atoms with E-state index in [1.54, 1.807) is 11.3 Å². The zero-order valence-corrected chi connectivity index (χ0v) is 18.0. The molecule has 0 saturated carbocycles. The Morgan fingerprint density at radius 3 is 2.79 bits per heavy atom. The number of aryl methyl sites for hydroxylation is 1. The van der Waals surface area contributed by atoms with Gasteiger partial charge in [-0.25, -0.2) is 0 Å². The predicted octanol–water partition coefficient (Wildman–Crippen LogP) is 5.58. The number of rotatable bonds is 3. The minimum Gasteiger partial charge on any atom is -0.384 e. The van der Waals surface area contributed by atoms with Gasteiger partial charge < -0.3 is 5.73 Å². The molecule has 0 bridgehead atoms. The molecule has 0 amide bonds. The maximum absolute atomic E-state index is 13.1. The van der Waals surface area contributed by atoms with Crippen LogP contribution in [0.3, 0.4) is 0 Å². The molecule has 2 aliphatic rings. The highest BCUT2D eigenvalue weighted by Gasteiger charge is 2.41. The van der Waals surface area contributed by atoms with Gasteiger partial charge in [-0.05, 0) is 56.0 Å². The zero-order chi connectivity index (χ0) is 20.7. The number of nitrogens with two attached hydrogens (primary N) is 1. The molecule has 1 aliphatic heterocycles. The summed E-state index contributed by atoms with van der Waals surface area (Å²) in [7, 11) is 0. The van der Waals surface area contributed by atoms with E-state index >= 15 is 0 Å². The van der Waals surface area contributed by atoms with E-state index in [9.17, 15) is 10.1 Å². The summed E-state index contributed by atoms with van der Waals surface area (Å²) in [5, 5.41) is 10.7. The summed E-state index contributed by atoms with van der Waals surface area (Å²) in [5.41, 5.74) is 10.4. The molecule has 1 aromatic carbocycles. The summed E-state index contributed by atoms with van der Waals surface area (Å²) < 4.78 is 0. The molecule has 1 unspecified atom stereocenters. The van der Waals surface area contributed by atoms with E-state index < -0.39 is 0 Å². The van der Waals surface area contributed by atoms with Gasteiger partial charge in [0.05, 0.1) is 23.2 Å². The molecule has 0 fully saturated rings. The average molecular weight is 424 g/mol. The Morgan fingerprint density at radius 1 is 1.31 bits per heavy atom. The summed E-state index contributed by atoms with van der Waals surface area (Å²) in [6.45, 7) is 4.03. The van der Waals surface area contributed by atoms with Crippen molar-refractivity contribution in [3.8, 4) is 6.07 Å². The zero-order valence-electron chi connectivity index (χ0n) is 16.5. The van der Waals surface area contributed by atoms with Crippen LogP contribution in [0, 0.1) is 18.3 Å². The van der Waals surface area contributed by atoms with Gasteiger partial charge in [0.25, 0.3) is 0 Å². The molecular weight excluding hydrogens is 402 g/mol. The van der Waals surface area contributed by atoms with Crippen LogP contribution in [0.25, 0.3) is 0 Å². The number of Topliss-reactive ketones (excluding diaryl/α,β-unsaturated/α-hetero) is 1. The molecule has 2 heterocycles. The van der Waals surface area contributed by atoms with Crippen LogP contribution in [0.2, 0.25) is 5.02 Å². The second-order valence-corrected chi connectivity index (χ2v) is 8.96. The third-order valence-electron chi connectivity index (χ3n) is 5.71. The van der Waals surface area contributed by atoms with Gasteiger partial charge in [-0.2, -0.15) is 5.26 Å². The quantitative estimate of drug-likeness (QED) is 0.699. The number of halogens is 1. The fraction of sp³-hybridized carbons (Fsp3) is 0.304. The summed E-state index contributed by atoms with van der Waals surface area (Å²) in [6, 6.07) is 12.1. The third kappa shape index (κ3) is 3.17. The van der Waals surface area contributed by atoms with Crippen molar-refractivity contribution < 1.29 is 4.79 Å². The van der Waals surface area contributed by atoms with Gasteiger partial charge in [-0.1, -0.05) is 24.6 Å². The SMILES string of the molecule is CCc1ccc(C2C(C#N)=C(N)N(c3cccc(Cl)c3C)C3=C2C(=O)CCC3)s1. The summed E-state index contributed by atoms with van der Waals surface area (Å²) in [6.07, 6.45) is 2.95. The summed E-state index contributed by atoms with van der Waals surface area (Å²) in [4.78, 5) is 17.2. The van der Waals surface area contributed by atoms with E-state index in [0.29, 0.717) is 28.4 Å². The molecule has 4 nitrogen and oxygen atoms in total. The number of hydrogen-bond acceptors (Lipinski definition) is 5. The predicted molar refractivity (Wildman–Crippen MR) is 118 cm³/mol. The van der Waals surface area contributed by atoms with Crippen LogP contribution >= 0.6 is 22.9 Å². The number of anilines is 1. The molecule has 1 aliphatic carbocycles. The Kier molecular flexibility index (Phi) is 5.24. The topological polar surface area (TPSA) is 70.1 Å². The largest absolute Gasteiger partial charge is 0.384 e. The van der Waals surface area contributed by atoms with Crippen LogP contribution in [0.1, 0.15) is 47.4 Å². The van der Waals surface area contributed by atoms with Crippen LogP contribution in [0.15, 0.2) is 53.0 Å². The van der Waals surface area contributed by atoms with Crippen LogP contribution < -0.4 is 10.6 Å². The van der Waals surface area contributed by atoms with E-state index in [1.807, 2.05) is 36.1 Å². The Bertz CT molecular complexity index is 1110. The van der Waals surface area contributed by atoms with Crippen molar-refractivity contribution in [2.45, 2.75) is 45.4 Å². The number of carbonyl (C=O) groups is 1. The maximum atomic E-state index is 13.1. The van der Waals surface area contributed by atoms with Gasteiger partial charge in [0.1, 0.15) is 5.82 Å². The molecule has 29 heavy (non-hydrogen) atoms. The molecular formula is C23H22ClN3OS. The van der Waals surface area contributed by atoms with Crippen molar-refractivity contribution in [3.05, 3.63) is 73.3 Å². The van der Waals surface area contributed by atoms with E-state index in [2.05, 4.69) is 19.1 Å². The number of benzene rings is 1. The molecule has 1 atom stereocenters. The summed E-state index contributed by atoms with van der Waals surface area (Å²) in [5.74, 6) is 0.110. The highest BCUT2D eigenvalue weighted by atomic mass is 35.5. The Morgan fingerprint density at radius 2 is 2.10 bits per heavy atom. The standard InChI is InChI=1S/C23H22ClN3OS/c1-3-14-10-11-20(29-14)21-15(12-25)23(26)27(17-7-4-6-16(24)13(17)2)18-8-5-9-19(28)22(18)21/h4,6-7,10-11,21H,3,5,8-9,26H2,1-2H3. The second-order valence-electron chi connectivity index (χ2n) is 7.36. The van der Waals surface area contributed by atoms with Crippen molar-refractivity contribution in [3.63, 3.8) is 0 Å². The number of allylic oxidation sites excluding steroid dienone is 3. The summed E-state index contributed by atoms with van der Waals surface area (Å²) >= 11 is 8.02. The molecule has 148 valence electrons. The third-order valence-corrected chi connectivity index (χ3v) is 7.41. The maximum Gasteiger partial charge on any atom is 0.161 e. The minimum absolute atomic E-state index is 0.104. The molecule has 2 aromatic rings. The number of nitrogens with zero attached hydrogens (tertiary/aromatic N) is 2. The monoisotopic (exact) mass is 423 g/mol. The lowest BCUT2D eigenvalue weighted by Gasteiger charge is -2.40. The average Bonchev–Trinajstić information content (AvgIpc) is 3.19. The number of nitriles is 1. The van der Waals surface area contributed by atoms with Crippen LogP contribution in [-0.4, -0.2) is 5.78 Å². The van der Waals surface area contributed by atoms with E-state index in [-0.39, 0.29) is 11.7 Å². The van der Waals surface area contributed by atoms with E-state index in [4.69, 9.17) is 17.3 Å². The number of ketones is 1. The van der Waals surface area contributed by atoms with Crippen LogP contribution in [0.5, 0.6) is 0 Å². The molecule has 0 spiro atoms. The van der Waals surface area contributed by atoms with Gasteiger partial charge in [-0.3, -0.25) is 9.69 Å². The minimum atomic E-state index is -0.385. The number of carbonyl (C=O) groups excluding carboxylic acids is 1. The highest BCUT2D eigenvalue weighted by Crippen LogP contribution is 2.48. The molecule has 0 radical (unpaired) electrons. The molecule has 0 saturated heterocycles. The Hall–Kier alpha value is -2.55. The van der Waals surface area contributed by atoms with Crippen LogP contribution in [-0.2, 0) is 11.2 Å². The van der Waals surface area contributed by atoms with Crippen LogP contribution in [0.4, 0.5) is 5.69 Å². The lowest BCUT2D eigenvalue weighted by atomic mass is 9.78. The first-order valence-corrected chi connectivity index (χ1v) is 11.0. The molecule has 6 heteroatoms. The number of thiophene rings is 1. The highest BCUT2D eigenvalue weighted by molar-refractivity contribution is 7.12. The van der Waals surface area contributed by atoms with Crippen molar-refractivity contribution in [1.29, 1.82) is 5.26 Å². The first-order chi connectivity index (χ1) is 14.0. The van der Waals surface area contributed by atoms with Gasteiger partial charge in [-0.15, -0.1) is 11.3 Å². The Labute approximate surface area is 179 Å². The normalized spacial score (nSPS) is 19.4. The number of hydrogen-bond donors (Lipinski definition) is 1. The van der Waals surface area contributed by atoms with Gasteiger partial charge in [0.2, 0.25) is 0 Å². The molecule has 1 aromatic heterocycles. The molecule has 4 rings (SSSR count). The first kappa shape index (κ1) is 19.8. The van der Waals surface area contributed by atoms with Crippen molar-refractivity contribution in [2.75, 3.05) is 4.90 Å². The fourth-order valence-electron chi connectivity index (χ4n) is 4.22. The lowest BCUT2D eigenvalue weighted by Crippen LogP contribution is -2.38. The van der Waals surface area contributed by atoms with Gasteiger partial charge >= 0.3 is 0 Å². The van der Waals surface area contributed by atoms with Gasteiger partial charge in [0.15, 0.2) is 5.78 Å². The smallest absolute Gasteiger partial charge is 0.161 e. The van der Waals surface area contributed by atoms with Crippen molar-refractivity contribution in [1.82, 2.24) is 0 Å². The molecule has 2 N–H and O–H groups in total. The van der Waals surface area contributed by atoms with E-state index in [0.717, 1.165) is 41.1 Å². The van der Waals surface area contributed by atoms with E-state index in [1.165, 1.54) is 4.88 Å². The fourth-order valence-corrected chi connectivity index (χ4v) is 5.47. The Balaban J connectivity index is 1.98. The van der Waals surface area contributed by atoms with Crippen molar-refractivity contribution >= 4 is 34.4 Å².